The Balaban J connectivity index is 0.900. The number of nitrogens with one attached hydrogen (secondary N) is 1. The normalized spacial score (nSPS) is 26.8. The molecule has 64 heavy (non-hydrogen) atoms. The Morgan fingerprint density at radius 1 is 0.703 bits per heavy atom. The molecule has 342 valence electrons. The number of pyridine rings is 2. The van der Waals surface area contributed by atoms with Crippen molar-refractivity contribution in [2.75, 3.05) is 118 Å². The van der Waals surface area contributed by atoms with E-state index in [1.165, 1.54) is 69.0 Å². The summed E-state index contributed by atoms with van der Waals surface area (Å²) in [7, 11) is 13.4. The molecule has 2 fully saturated rings. The van der Waals surface area contributed by atoms with Crippen molar-refractivity contribution in [3.05, 3.63) is 117 Å². The van der Waals surface area contributed by atoms with Crippen molar-refractivity contribution in [2.24, 2.45) is 0 Å². The standard InChI is InChI=1S/C53H74N10O/c1-57-21-24-62(25-22-57)48-15-8-12-38-32-59(3)42(30-47(38)48)34-61(5)50-18-17-44(45-14-10-20-55-53(45)50)39-27-40-31-56-41(33-60(4)49-16-7-11-37-13-9-19-54-52(37)49)29-46(40)51(28-39)63-26-23-58(2)43(35-63)36-64-6/h8-10,12-15,19-20,27-28,41-44,49-50,56H,7,11,16-18,21-26,29-36H2,1-6H3/t41-,42+,43-,44?,49-,50-/m0/s1. The minimum Gasteiger partial charge on any atom is -0.383 e. The van der Waals surface area contributed by atoms with Gasteiger partial charge in [-0.15, -0.1) is 0 Å². The maximum atomic E-state index is 5.78. The lowest BCUT2D eigenvalue weighted by atomic mass is 9.77. The molecule has 11 nitrogen and oxygen atoms in total. The van der Waals surface area contributed by atoms with Gasteiger partial charge in [0.2, 0.25) is 0 Å². The third kappa shape index (κ3) is 8.86. The maximum Gasteiger partial charge on any atom is 0.0635 e. The first-order chi connectivity index (χ1) is 31.2. The number of anilines is 2. The Kier molecular flexibility index (Phi) is 13.1. The summed E-state index contributed by atoms with van der Waals surface area (Å²) in [5, 5.41) is 4.04. The van der Waals surface area contributed by atoms with Crippen LogP contribution in [-0.2, 0) is 37.1 Å². The van der Waals surface area contributed by atoms with E-state index in [2.05, 4.69) is 129 Å². The highest BCUT2D eigenvalue weighted by atomic mass is 16.5. The smallest absolute Gasteiger partial charge is 0.0635 e. The molecule has 10 rings (SSSR count). The average molecular weight is 867 g/mol. The minimum atomic E-state index is 0.297. The highest BCUT2D eigenvalue weighted by Gasteiger charge is 2.37. The average Bonchev–Trinajstić information content (AvgIpc) is 3.31. The first kappa shape index (κ1) is 43.9. The number of likely N-dealkylation sites (N-methyl/N-ethyl adjacent to an activating group) is 5. The number of nitrogens with zero attached hydrogens (tertiary/aromatic N) is 9. The van der Waals surface area contributed by atoms with E-state index >= 15 is 0 Å². The summed E-state index contributed by atoms with van der Waals surface area (Å²) in [5.74, 6) is 0.317. The van der Waals surface area contributed by atoms with Crippen molar-refractivity contribution in [3.8, 4) is 0 Å². The number of rotatable bonds is 11. The molecule has 0 bridgehead atoms. The van der Waals surface area contributed by atoms with Gasteiger partial charge in [-0.25, -0.2) is 0 Å². The Bertz CT molecular complexity index is 2240. The van der Waals surface area contributed by atoms with Crippen LogP contribution < -0.4 is 15.1 Å². The number of hydrogen-bond acceptors (Lipinski definition) is 11. The molecule has 6 atom stereocenters. The Morgan fingerprint density at radius 2 is 1.45 bits per heavy atom. The first-order valence-corrected chi connectivity index (χ1v) is 24.6. The lowest BCUT2D eigenvalue weighted by Crippen LogP contribution is -2.54. The van der Waals surface area contributed by atoms with Gasteiger partial charge in [-0.3, -0.25) is 29.6 Å². The molecule has 6 aliphatic rings. The third-order valence-corrected chi connectivity index (χ3v) is 16.4. The number of aromatic nitrogens is 2. The second kappa shape index (κ2) is 19.1. The fraction of sp³-hybridized carbons (Fsp3) is 0.585. The SMILES string of the molecule is COC[C@@H]1CN(c2cc(C3CC[C@H](N(C)C[C@H]4Cc5c(cccc5N5CCN(C)CC5)CN4C)c4ncccc43)cc3c2C[C@@H](CN(C)[C@H]2CCCc4cccnc42)NC3)CCN1C. The van der Waals surface area contributed by atoms with Gasteiger partial charge in [0.25, 0.3) is 0 Å². The predicted molar refractivity (Wildman–Crippen MR) is 260 cm³/mol. The second-order valence-electron chi connectivity index (χ2n) is 20.4. The van der Waals surface area contributed by atoms with Crippen LogP contribution >= 0.6 is 0 Å². The molecule has 2 saturated heterocycles. The van der Waals surface area contributed by atoms with Crippen molar-refractivity contribution in [1.29, 1.82) is 0 Å². The van der Waals surface area contributed by atoms with Crippen molar-refractivity contribution in [3.63, 3.8) is 0 Å². The van der Waals surface area contributed by atoms with Gasteiger partial charge in [0.15, 0.2) is 0 Å². The Morgan fingerprint density at radius 3 is 2.30 bits per heavy atom. The number of ether oxygens (including phenoxy) is 1. The maximum absolute atomic E-state index is 5.78. The molecule has 11 heteroatoms. The molecule has 4 aromatic rings. The minimum absolute atomic E-state index is 0.297. The molecule has 6 heterocycles. The lowest BCUT2D eigenvalue weighted by Gasteiger charge is -2.43. The van der Waals surface area contributed by atoms with Crippen LogP contribution in [0.15, 0.2) is 67.0 Å². The quantitative estimate of drug-likeness (QED) is 0.194. The first-order valence-electron chi connectivity index (χ1n) is 24.6. The summed E-state index contributed by atoms with van der Waals surface area (Å²) in [6, 6.07) is 23.1. The summed E-state index contributed by atoms with van der Waals surface area (Å²) in [6.07, 6.45) is 11.9. The topological polar surface area (TPSA) is 69.7 Å². The van der Waals surface area contributed by atoms with E-state index in [-0.39, 0.29) is 0 Å². The monoisotopic (exact) mass is 867 g/mol. The fourth-order valence-electron chi connectivity index (χ4n) is 12.5. The van der Waals surface area contributed by atoms with Gasteiger partial charge in [-0.1, -0.05) is 30.3 Å². The zero-order valence-electron chi connectivity index (χ0n) is 39.7. The van der Waals surface area contributed by atoms with Crippen LogP contribution in [0.5, 0.6) is 0 Å². The molecule has 2 aliphatic carbocycles. The van der Waals surface area contributed by atoms with Gasteiger partial charge in [0.05, 0.1) is 36.1 Å². The molecular formula is C53H74N10O. The van der Waals surface area contributed by atoms with Crippen molar-refractivity contribution < 1.29 is 4.74 Å². The number of piperazine rings is 2. The zero-order chi connectivity index (χ0) is 43.9. The number of benzene rings is 2. The van der Waals surface area contributed by atoms with Crippen LogP contribution in [-0.4, -0.2) is 160 Å². The van der Waals surface area contributed by atoms with Gasteiger partial charge < -0.3 is 24.8 Å². The summed E-state index contributed by atoms with van der Waals surface area (Å²) >= 11 is 0. The molecule has 0 radical (unpaired) electrons. The highest BCUT2D eigenvalue weighted by Crippen LogP contribution is 2.45. The number of aryl methyl sites for hydroxylation is 1. The molecule has 2 aromatic heterocycles. The van der Waals surface area contributed by atoms with Crippen molar-refractivity contribution >= 4 is 11.4 Å². The van der Waals surface area contributed by atoms with E-state index in [0.29, 0.717) is 36.1 Å². The van der Waals surface area contributed by atoms with E-state index in [4.69, 9.17) is 14.7 Å². The van der Waals surface area contributed by atoms with Crippen LogP contribution in [0.3, 0.4) is 0 Å². The summed E-state index contributed by atoms with van der Waals surface area (Å²) in [5.41, 5.74) is 15.9. The molecule has 0 amide bonds. The van der Waals surface area contributed by atoms with Crippen LogP contribution in [0, 0.1) is 0 Å². The molecule has 2 aromatic carbocycles. The van der Waals surface area contributed by atoms with E-state index in [0.717, 1.165) is 111 Å². The Labute approximate surface area is 383 Å². The van der Waals surface area contributed by atoms with Gasteiger partial charge in [0, 0.05) is 121 Å². The van der Waals surface area contributed by atoms with Gasteiger partial charge in [-0.05, 0) is 143 Å². The molecule has 4 aliphatic heterocycles. The second-order valence-corrected chi connectivity index (χ2v) is 20.4. The predicted octanol–water partition coefficient (Wildman–Crippen LogP) is 5.97. The zero-order valence-corrected chi connectivity index (χ0v) is 39.7. The van der Waals surface area contributed by atoms with E-state index in [1.54, 1.807) is 5.56 Å². The third-order valence-electron chi connectivity index (χ3n) is 16.4. The van der Waals surface area contributed by atoms with Crippen LogP contribution in [0.1, 0.15) is 94.0 Å². The highest BCUT2D eigenvalue weighted by molar-refractivity contribution is 5.62. The van der Waals surface area contributed by atoms with Crippen molar-refractivity contribution in [1.82, 2.24) is 39.8 Å². The van der Waals surface area contributed by atoms with E-state index in [9.17, 15) is 0 Å². The van der Waals surface area contributed by atoms with Crippen LogP contribution in [0.4, 0.5) is 11.4 Å². The number of hydrogen-bond donors (Lipinski definition) is 1. The fourth-order valence-corrected chi connectivity index (χ4v) is 12.5. The van der Waals surface area contributed by atoms with Crippen LogP contribution in [0.2, 0.25) is 0 Å². The molecule has 1 unspecified atom stereocenters. The van der Waals surface area contributed by atoms with Gasteiger partial charge >= 0.3 is 0 Å². The van der Waals surface area contributed by atoms with E-state index < -0.39 is 0 Å². The molecular weight excluding hydrogens is 793 g/mol. The molecule has 0 saturated carbocycles. The molecule has 0 spiro atoms. The summed E-state index contributed by atoms with van der Waals surface area (Å²) < 4.78 is 5.78. The van der Waals surface area contributed by atoms with E-state index in [1.807, 2.05) is 19.5 Å². The number of fused-ring (bicyclic) bond motifs is 4. The molecule has 1 N–H and O–H groups in total. The van der Waals surface area contributed by atoms with Crippen LogP contribution in [0.25, 0.3) is 0 Å². The summed E-state index contributed by atoms with van der Waals surface area (Å²) in [4.78, 5) is 28.3. The van der Waals surface area contributed by atoms with Gasteiger partial charge in [-0.2, -0.15) is 0 Å². The Hall–Kier alpha value is -3.94. The van der Waals surface area contributed by atoms with Crippen molar-refractivity contribution in [2.45, 2.75) is 94.2 Å². The number of methoxy groups -OCH3 is 1. The largest absolute Gasteiger partial charge is 0.383 e. The van der Waals surface area contributed by atoms with Gasteiger partial charge in [0.1, 0.15) is 0 Å². The lowest BCUT2D eigenvalue weighted by molar-refractivity contribution is 0.0986. The summed E-state index contributed by atoms with van der Waals surface area (Å²) in [6.45, 7) is 12.2.